The maximum absolute atomic E-state index is 11.8. The van der Waals surface area contributed by atoms with Crippen molar-refractivity contribution in [3.63, 3.8) is 0 Å². The summed E-state index contributed by atoms with van der Waals surface area (Å²) < 4.78 is 1.82. The van der Waals surface area contributed by atoms with Gasteiger partial charge in [0, 0.05) is 19.2 Å². The number of nitrogens with one attached hydrogen (secondary N) is 1. The van der Waals surface area contributed by atoms with E-state index < -0.39 is 0 Å². The second kappa shape index (κ2) is 6.08. The number of ketones is 1. The topological polar surface area (TPSA) is 59.8 Å². The van der Waals surface area contributed by atoms with Crippen LogP contribution in [0.3, 0.4) is 0 Å². The van der Waals surface area contributed by atoms with Crippen LogP contribution in [0.2, 0.25) is 0 Å². The minimum Gasteiger partial charge on any atom is -0.321 e. The van der Waals surface area contributed by atoms with E-state index in [2.05, 4.69) is 15.4 Å². The van der Waals surface area contributed by atoms with Crippen molar-refractivity contribution in [3.8, 4) is 11.5 Å². The molecule has 0 aromatic carbocycles. The molecule has 0 bridgehead atoms. The lowest BCUT2D eigenvalue weighted by Gasteiger charge is -2.25. The summed E-state index contributed by atoms with van der Waals surface area (Å²) >= 11 is 0. The van der Waals surface area contributed by atoms with Crippen LogP contribution in [0.25, 0.3) is 11.5 Å². The number of carbonyl (C=O) groups excluding carboxylic acids is 1. The molecule has 0 atom stereocenters. The predicted molar refractivity (Wildman–Crippen MR) is 81.7 cm³/mol. The molecule has 5 heteroatoms. The summed E-state index contributed by atoms with van der Waals surface area (Å²) in [7, 11) is 0. The zero-order chi connectivity index (χ0) is 14.7. The number of hydrogen-bond donors (Lipinski definition) is 1. The maximum atomic E-state index is 11.8. The van der Waals surface area contributed by atoms with E-state index in [0.29, 0.717) is 17.6 Å². The molecule has 21 heavy (non-hydrogen) atoms. The first-order valence-electron chi connectivity index (χ1n) is 7.52. The average molecular weight is 284 g/mol. The predicted octanol–water partition coefficient (Wildman–Crippen LogP) is 3.02. The van der Waals surface area contributed by atoms with Crippen molar-refractivity contribution in [2.45, 2.75) is 45.1 Å². The largest absolute Gasteiger partial charge is 0.321 e. The highest BCUT2D eigenvalue weighted by Crippen LogP contribution is 2.21. The van der Waals surface area contributed by atoms with Gasteiger partial charge in [-0.1, -0.05) is 25.3 Å². The third-order valence-corrected chi connectivity index (χ3v) is 3.93. The van der Waals surface area contributed by atoms with Gasteiger partial charge in [0.2, 0.25) is 0 Å². The molecule has 2 aromatic heterocycles. The molecule has 0 spiro atoms. The number of carbonyl (C=O) groups is 1. The Bertz CT molecular complexity index is 614. The van der Waals surface area contributed by atoms with Crippen molar-refractivity contribution in [2.75, 3.05) is 5.43 Å². The van der Waals surface area contributed by atoms with E-state index in [0.717, 1.165) is 18.5 Å². The van der Waals surface area contributed by atoms with E-state index in [1.165, 1.54) is 19.3 Å². The van der Waals surface area contributed by atoms with Crippen molar-refractivity contribution in [3.05, 3.63) is 36.3 Å². The van der Waals surface area contributed by atoms with Crippen LogP contribution in [0.1, 0.15) is 49.5 Å². The highest BCUT2D eigenvalue weighted by atomic mass is 16.1. The van der Waals surface area contributed by atoms with Gasteiger partial charge < -0.3 is 5.43 Å². The van der Waals surface area contributed by atoms with E-state index in [-0.39, 0.29) is 5.78 Å². The highest BCUT2D eigenvalue weighted by molar-refractivity contribution is 5.93. The molecular weight excluding hydrogens is 264 g/mol. The van der Waals surface area contributed by atoms with Gasteiger partial charge in [0.25, 0.3) is 0 Å². The normalized spacial score (nSPS) is 15.9. The summed E-state index contributed by atoms with van der Waals surface area (Å²) in [5.41, 5.74) is 4.83. The smallest absolute Gasteiger partial charge is 0.179 e. The van der Waals surface area contributed by atoms with Crippen LogP contribution in [0.5, 0.6) is 0 Å². The van der Waals surface area contributed by atoms with Crippen molar-refractivity contribution >= 4 is 5.78 Å². The lowest BCUT2D eigenvalue weighted by atomic mass is 9.96. The molecule has 1 aliphatic rings. The van der Waals surface area contributed by atoms with Crippen molar-refractivity contribution in [1.29, 1.82) is 0 Å². The fourth-order valence-corrected chi connectivity index (χ4v) is 2.82. The summed E-state index contributed by atoms with van der Waals surface area (Å²) in [6.07, 6.45) is 9.41. The third-order valence-electron chi connectivity index (χ3n) is 3.93. The van der Waals surface area contributed by atoms with E-state index in [1.54, 1.807) is 19.3 Å². The Balaban J connectivity index is 1.95. The van der Waals surface area contributed by atoms with Gasteiger partial charge in [-0.25, -0.2) is 9.66 Å². The van der Waals surface area contributed by atoms with Crippen LogP contribution in [-0.2, 0) is 0 Å². The molecule has 0 radical (unpaired) electrons. The standard InChI is InChI=1S/C16H20N4O/c1-12(21)15-11-18-16(14-9-5-6-10-17-14)20(15)19-13-7-3-2-4-8-13/h5-6,9-11,13,19H,2-4,7-8H2,1H3. The molecule has 1 fully saturated rings. The molecule has 2 aromatic rings. The summed E-state index contributed by atoms with van der Waals surface area (Å²) in [6, 6.07) is 6.10. The first-order valence-corrected chi connectivity index (χ1v) is 7.52. The summed E-state index contributed by atoms with van der Waals surface area (Å²) in [4.78, 5) is 20.6. The molecule has 0 amide bonds. The number of Topliss-reactive ketones (excluding diaryl/α,β-unsaturated/α-hetero) is 1. The Hall–Kier alpha value is -2.17. The highest BCUT2D eigenvalue weighted by Gasteiger charge is 2.20. The van der Waals surface area contributed by atoms with Gasteiger partial charge in [-0.2, -0.15) is 0 Å². The van der Waals surface area contributed by atoms with Crippen LogP contribution in [-0.4, -0.2) is 26.5 Å². The lowest BCUT2D eigenvalue weighted by molar-refractivity contribution is 0.101. The molecule has 3 rings (SSSR count). The second-order valence-electron chi connectivity index (χ2n) is 5.54. The number of rotatable bonds is 4. The minimum absolute atomic E-state index is 0.00740. The Labute approximate surface area is 124 Å². The van der Waals surface area contributed by atoms with Gasteiger partial charge in [-0.3, -0.25) is 9.78 Å². The third kappa shape index (κ3) is 2.96. The maximum Gasteiger partial charge on any atom is 0.179 e. The van der Waals surface area contributed by atoms with Crippen LogP contribution in [0.15, 0.2) is 30.6 Å². The minimum atomic E-state index is 0.00740. The number of hydrogen-bond acceptors (Lipinski definition) is 4. The van der Waals surface area contributed by atoms with Gasteiger partial charge in [-0.05, 0) is 25.0 Å². The molecule has 0 saturated heterocycles. The first-order chi connectivity index (χ1) is 10.3. The van der Waals surface area contributed by atoms with Crippen LogP contribution in [0, 0.1) is 0 Å². The fraction of sp³-hybridized carbons (Fsp3) is 0.438. The fourth-order valence-electron chi connectivity index (χ4n) is 2.82. The zero-order valence-corrected chi connectivity index (χ0v) is 12.2. The SMILES string of the molecule is CC(=O)c1cnc(-c2ccccn2)n1NC1CCCCC1. The Kier molecular flexibility index (Phi) is 3.99. The van der Waals surface area contributed by atoms with Gasteiger partial charge in [0.05, 0.1) is 6.20 Å². The van der Waals surface area contributed by atoms with Gasteiger partial charge >= 0.3 is 0 Å². The van der Waals surface area contributed by atoms with E-state index >= 15 is 0 Å². The molecule has 2 heterocycles. The number of nitrogens with zero attached hydrogens (tertiary/aromatic N) is 3. The van der Waals surface area contributed by atoms with Gasteiger partial charge in [0.15, 0.2) is 11.6 Å². The average Bonchev–Trinajstić information content (AvgIpc) is 2.93. The monoisotopic (exact) mass is 284 g/mol. The van der Waals surface area contributed by atoms with Crippen LogP contribution >= 0.6 is 0 Å². The molecule has 1 saturated carbocycles. The molecule has 110 valence electrons. The summed E-state index contributed by atoms with van der Waals surface area (Å²) in [6.45, 7) is 1.57. The number of imidazole rings is 1. The first kappa shape index (κ1) is 13.8. The summed E-state index contributed by atoms with van der Waals surface area (Å²) in [5, 5.41) is 0. The van der Waals surface area contributed by atoms with Gasteiger partial charge in [-0.15, -0.1) is 0 Å². The Morgan fingerprint density at radius 3 is 2.71 bits per heavy atom. The molecular formula is C16H20N4O. The van der Waals surface area contributed by atoms with Crippen LogP contribution in [0.4, 0.5) is 0 Å². The van der Waals surface area contributed by atoms with Crippen molar-refractivity contribution in [2.24, 2.45) is 0 Å². The summed E-state index contributed by atoms with van der Waals surface area (Å²) in [5.74, 6) is 0.708. The molecule has 0 aliphatic heterocycles. The van der Waals surface area contributed by atoms with Crippen molar-refractivity contribution < 1.29 is 4.79 Å². The Morgan fingerprint density at radius 2 is 2.05 bits per heavy atom. The van der Waals surface area contributed by atoms with Crippen LogP contribution < -0.4 is 5.43 Å². The van der Waals surface area contributed by atoms with E-state index in [1.807, 2.05) is 22.9 Å². The van der Waals surface area contributed by atoms with E-state index in [4.69, 9.17) is 0 Å². The Morgan fingerprint density at radius 1 is 1.24 bits per heavy atom. The van der Waals surface area contributed by atoms with E-state index in [9.17, 15) is 4.79 Å². The zero-order valence-electron chi connectivity index (χ0n) is 12.2. The molecule has 1 N–H and O–H groups in total. The number of aromatic nitrogens is 3. The molecule has 0 unspecified atom stereocenters. The van der Waals surface area contributed by atoms with Gasteiger partial charge in [0.1, 0.15) is 11.4 Å². The quantitative estimate of drug-likeness (QED) is 0.877. The second-order valence-corrected chi connectivity index (χ2v) is 5.54. The number of pyridine rings is 1. The molecule has 1 aliphatic carbocycles. The molecule has 5 nitrogen and oxygen atoms in total. The lowest BCUT2D eigenvalue weighted by Crippen LogP contribution is -2.32. The van der Waals surface area contributed by atoms with Crippen molar-refractivity contribution in [1.82, 2.24) is 14.6 Å².